The van der Waals surface area contributed by atoms with Gasteiger partial charge in [0, 0.05) is 18.7 Å². The molecule has 0 aliphatic rings. The maximum atomic E-state index is 13.8. The maximum absolute atomic E-state index is 13.8. The first kappa shape index (κ1) is 15.7. The minimum Gasteiger partial charge on any atom is -0.299 e. The van der Waals surface area contributed by atoms with Crippen LogP contribution in [0.2, 0.25) is 5.02 Å². The van der Waals surface area contributed by atoms with Crippen molar-refractivity contribution in [2.24, 2.45) is 0 Å². The molecule has 0 amide bonds. The predicted octanol–water partition coefficient (Wildman–Crippen LogP) is 4.00. The normalized spacial score (nSPS) is 12.4. The van der Waals surface area contributed by atoms with Crippen LogP contribution in [0.25, 0.3) is 0 Å². The molecule has 1 aromatic carbocycles. The van der Waals surface area contributed by atoms with Gasteiger partial charge in [0.1, 0.15) is 11.6 Å². The van der Waals surface area contributed by atoms with Gasteiger partial charge >= 0.3 is 0 Å². The first-order chi connectivity index (χ1) is 10.0. The molecule has 21 heavy (non-hydrogen) atoms. The molecule has 1 unspecified atom stereocenters. The van der Waals surface area contributed by atoms with E-state index in [1.807, 2.05) is 16.9 Å². The third-order valence-corrected chi connectivity index (χ3v) is 3.80. The van der Waals surface area contributed by atoms with Gasteiger partial charge in [0.2, 0.25) is 0 Å². The number of benzene rings is 1. The lowest BCUT2D eigenvalue weighted by Gasteiger charge is -2.08. The zero-order chi connectivity index (χ0) is 15.4. The first-order valence-electron chi connectivity index (χ1n) is 7.00. The molecule has 3 nitrogen and oxygen atoms in total. The molecule has 1 aromatic heterocycles. The third-order valence-electron chi connectivity index (χ3n) is 3.50. The summed E-state index contributed by atoms with van der Waals surface area (Å²) < 4.78 is 15.6. The molecule has 5 heteroatoms. The summed E-state index contributed by atoms with van der Waals surface area (Å²) in [5.74, 6) is -0.594. The summed E-state index contributed by atoms with van der Waals surface area (Å²) in [6.07, 6.45) is 3.08. The smallest absolute Gasteiger partial charge is 0.145 e. The molecule has 112 valence electrons. The van der Waals surface area contributed by atoms with Crippen LogP contribution in [0.3, 0.4) is 0 Å². The zero-order valence-electron chi connectivity index (χ0n) is 12.1. The number of hydrogen-bond acceptors (Lipinski definition) is 2. The van der Waals surface area contributed by atoms with Crippen LogP contribution < -0.4 is 0 Å². The second-order valence-electron chi connectivity index (χ2n) is 5.15. The Balaban J connectivity index is 2.02. The molecule has 0 radical (unpaired) electrons. The number of halogens is 2. The Hall–Kier alpha value is -1.68. The molecule has 2 aromatic rings. The number of hydrogen-bond donors (Lipinski definition) is 0. The molecule has 0 N–H and O–H groups in total. The summed E-state index contributed by atoms with van der Waals surface area (Å²) >= 11 is 5.71. The number of nitrogens with zero attached hydrogens (tertiary/aromatic N) is 2. The summed E-state index contributed by atoms with van der Waals surface area (Å²) in [5.41, 5.74) is 1.04. The van der Waals surface area contributed by atoms with Crippen molar-refractivity contribution in [3.8, 4) is 0 Å². The molecule has 0 saturated carbocycles. The van der Waals surface area contributed by atoms with E-state index in [0.717, 1.165) is 6.42 Å². The number of Topliss-reactive ketones (excluding diaryl/α,β-unsaturated/α-hetero) is 1. The van der Waals surface area contributed by atoms with Crippen LogP contribution in [0, 0.1) is 5.82 Å². The van der Waals surface area contributed by atoms with Crippen LogP contribution in [-0.2, 0) is 17.6 Å². The fraction of sp³-hybridized carbons (Fsp3) is 0.375. The van der Waals surface area contributed by atoms with E-state index in [1.54, 1.807) is 12.1 Å². The first-order valence-corrected chi connectivity index (χ1v) is 7.37. The van der Waals surface area contributed by atoms with E-state index in [-0.39, 0.29) is 23.6 Å². The SMILES string of the molecule is CCC(C)n1ccc(CC(=O)Cc2cccc(Cl)c2F)n1. The van der Waals surface area contributed by atoms with Crippen LogP contribution in [-0.4, -0.2) is 15.6 Å². The van der Waals surface area contributed by atoms with Crippen molar-refractivity contribution in [2.45, 2.75) is 39.2 Å². The largest absolute Gasteiger partial charge is 0.299 e. The van der Waals surface area contributed by atoms with Gasteiger partial charge in [0.15, 0.2) is 0 Å². The number of ketones is 1. The van der Waals surface area contributed by atoms with Gasteiger partial charge in [-0.05, 0) is 31.0 Å². The Kier molecular flexibility index (Phi) is 5.12. The van der Waals surface area contributed by atoms with Crippen molar-refractivity contribution in [3.05, 3.63) is 52.6 Å². The van der Waals surface area contributed by atoms with E-state index in [9.17, 15) is 9.18 Å². The Bertz CT molecular complexity index is 639. The zero-order valence-corrected chi connectivity index (χ0v) is 12.9. The average molecular weight is 309 g/mol. The number of carbonyl (C=O) groups is 1. The number of aromatic nitrogens is 2. The Morgan fingerprint density at radius 2 is 2.14 bits per heavy atom. The van der Waals surface area contributed by atoms with Gasteiger partial charge in [-0.15, -0.1) is 0 Å². The quantitative estimate of drug-likeness (QED) is 0.808. The van der Waals surface area contributed by atoms with E-state index >= 15 is 0 Å². The van der Waals surface area contributed by atoms with Crippen LogP contribution in [0.5, 0.6) is 0 Å². The highest BCUT2D eigenvalue weighted by atomic mass is 35.5. The third kappa shape index (κ3) is 3.91. The van der Waals surface area contributed by atoms with Crippen molar-refractivity contribution in [3.63, 3.8) is 0 Å². The fourth-order valence-corrected chi connectivity index (χ4v) is 2.26. The highest BCUT2D eigenvalue weighted by Gasteiger charge is 2.13. The van der Waals surface area contributed by atoms with E-state index in [1.165, 1.54) is 6.07 Å². The maximum Gasteiger partial charge on any atom is 0.145 e. The summed E-state index contributed by atoms with van der Waals surface area (Å²) in [4.78, 5) is 12.0. The lowest BCUT2D eigenvalue weighted by atomic mass is 10.1. The van der Waals surface area contributed by atoms with E-state index in [4.69, 9.17) is 11.6 Å². The summed E-state index contributed by atoms with van der Waals surface area (Å²) in [6, 6.07) is 6.83. The van der Waals surface area contributed by atoms with E-state index in [0.29, 0.717) is 17.3 Å². The van der Waals surface area contributed by atoms with Crippen LogP contribution >= 0.6 is 11.6 Å². The molecule has 0 aliphatic heterocycles. The summed E-state index contributed by atoms with van der Waals surface area (Å²) in [5, 5.41) is 4.42. The topological polar surface area (TPSA) is 34.9 Å². The van der Waals surface area contributed by atoms with Crippen LogP contribution in [0.1, 0.15) is 37.6 Å². The van der Waals surface area contributed by atoms with Gasteiger partial charge in [0.05, 0.1) is 17.1 Å². The predicted molar refractivity (Wildman–Crippen MR) is 81.1 cm³/mol. The summed E-state index contributed by atoms with van der Waals surface area (Å²) in [6.45, 7) is 4.15. The van der Waals surface area contributed by atoms with Crippen LogP contribution in [0.4, 0.5) is 4.39 Å². The molecular formula is C16H18ClFN2O. The van der Waals surface area contributed by atoms with E-state index < -0.39 is 5.82 Å². The Morgan fingerprint density at radius 3 is 2.86 bits per heavy atom. The van der Waals surface area contributed by atoms with Crippen molar-refractivity contribution < 1.29 is 9.18 Å². The molecule has 2 rings (SSSR count). The van der Waals surface area contributed by atoms with Gasteiger partial charge in [-0.25, -0.2) is 4.39 Å². The Labute approximate surface area is 128 Å². The van der Waals surface area contributed by atoms with Crippen molar-refractivity contribution in [1.29, 1.82) is 0 Å². The van der Waals surface area contributed by atoms with Gasteiger partial charge in [-0.3, -0.25) is 9.48 Å². The number of carbonyl (C=O) groups excluding carboxylic acids is 1. The average Bonchev–Trinajstić information content (AvgIpc) is 2.91. The van der Waals surface area contributed by atoms with Crippen LogP contribution in [0.15, 0.2) is 30.5 Å². The van der Waals surface area contributed by atoms with Gasteiger partial charge in [-0.2, -0.15) is 5.10 Å². The lowest BCUT2D eigenvalue weighted by Crippen LogP contribution is -2.10. The molecule has 1 atom stereocenters. The molecular weight excluding hydrogens is 291 g/mol. The monoisotopic (exact) mass is 308 g/mol. The molecule has 0 saturated heterocycles. The highest BCUT2D eigenvalue weighted by Crippen LogP contribution is 2.19. The van der Waals surface area contributed by atoms with Crippen molar-refractivity contribution in [1.82, 2.24) is 9.78 Å². The minimum atomic E-state index is -0.516. The summed E-state index contributed by atoms with van der Waals surface area (Å²) in [7, 11) is 0. The second kappa shape index (κ2) is 6.85. The molecule has 0 fully saturated rings. The second-order valence-corrected chi connectivity index (χ2v) is 5.56. The lowest BCUT2D eigenvalue weighted by molar-refractivity contribution is -0.117. The fourth-order valence-electron chi connectivity index (χ4n) is 2.07. The van der Waals surface area contributed by atoms with Gasteiger partial charge < -0.3 is 0 Å². The van der Waals surface area contributed by atoms with Crippen molar-refractivity contribution >= 4 is 17.4 Å². The molecule has 0 aliphatic carbocycles. The standard InChI is InChI=1S/C16H18ClFN2O/c1-3-11(2)20-8-7-13(19-20)10-14(21)9-12-5-4-6-15(17)16(12)18/h4-8,11H,3,9-10H2,1-2H3. The van der Waals surface area contributed by atoms with Gasteiger partial charge in [-0.1, -0.05) is 30.7 Å². The van der Waals surface area contributed by atoms with Gasteiger partial charge in [0.25, 0.3) is 0 Å². The molecule has 0 spiro atoms. The van der Waals surface area contributed by atoms with Crippen molar-refractivity contribution in [2.75, 3.05) is 0 Å². The van der Waals surface area contributed by atoms with E-state index in [2.05, 4.69) is 18.9 Å². The highest BCUT2D eigenvalue weighted by molar-refractivity contribution is 6.30. The Morgan fingerprint density at radius 1 is 1.38 bits per heavy atom. The minimum absolute atomic E-state index is 0.0303. The molecule has 0 bridgehead atoms. The number of rotatable bonds is 6. The molecule has 1 heterocycles.